The van der Waals surface area contributed by atoms with Gasteiger partial charge < -0.3 is 19.8 Å². The van der Waals surface area contributed by atoms with Gasteiger partial charge in [-0.3, -0.25) is 19.3 Å². The minimum atomic E-state index is -3.70. The fraction of sp³-hybridized carbons (Fsp3) is 0.103. The quantitative estimate of drug-likeness (QED) is 0.223. The van der Waals surface area contributed by atoms with Gasteiger partial charge in [0.25, 0.3) is 5.91 Å². The van der Waals surface area contributed by atoms with Crippen molar-refractivity contribution in [1.82, 2.24) is 15.0 Å². The average molecular weight is 608 g/mol. The molecular formula is C29H23F2N5O6S. The number of ether oxygens (including phenoxy) is 2. The summed E-state index contributed by atoms with van der Waals surface area (Å²) in [4.78, 5) is 37.5. The number of anilines is 2. The molecule has 0 bridgehead atoms. The Morgan fingerprint density at radius 3 is 2.42 bits per heavy atom. The minimum absolute atomic E-state index is 0.0419. The van der Waals surface area contributed by atoms with Crippen LogP contribution in [0.2, 0.25) is 0 Å². The van der Waals surface area contributed by atoms with E-state index in [1.807, 2.05) is 0 Å². The van der Waals surface area contributed by atoms with Crippen LogP contribution in [0.5, 0.6) is 17.2 Å². The molecular weight excluding hydrogens is 584 g/mol. The van der Waals surface area contributed by atoms with Crippen molar-refractivity contribution >= 4 is 38.5 Å². The van der Waals surface area contributed by atoms with Gasteiger partial charge in [-0.1, -0.05) is 12.1 Å². The predicted molar refractivity (Wildman–Crippen MR) is 156 cm³/mol. The van der Waals surface area contributed by atoms with Gasteiger partial charge >= 0.3 is 0 Å². The number of nitrogens with one attached hydrogen (secondary N) is 3. The lowest BCUT2D eigenvalue weighted by molar-refractivity contribution is 0.102. The lowest BCUT2D eigenvalue weighted by Crippen LogP contribution is -2.23. The van der Waals surface area contributed by atoms with E-state index in [2.05, 4.69) is 25.0 Å². The fourth-order valence-corrected chi connectivity index (χ4v) is 4.75. The number of fused-ring (bicyclic) bond motifs is 1. The van der Waals surface area contributed by atoms with E-state index in [4.69, 9.17) is 9.47 Å². The highest BCUT2D eigenvalue weighted by Crippen LogP contribution is 2.34. The van der Waals surface area contributed by atoms with E-state index in [0.29, 0.717) is 16.8 Å². The van der Waals surface area contributed by atoms with Gasteiger partial charge in [-0.25, -0.2) is 22.2 Å². The summed E-state index contributed by atoms with van der Waals surface area (Å²) < 4.78 is 65.3. The first-order chi connectivity index (χ1) is 20.4. The smallest absolute Gasteiger partial charge is 0.261 e. The predicted octanol–water partition coefficient (Wildman–Crippen LogP) is 5.00. The highest BCUT2D eigenvalue weighted by molar-refractivity contribution is 7.92. The second-order valence-corrected chi connectivity index (χ2v) is 11.1. The first-order valence-electron chi connectivity index (χ1n) is 12.5. The number of rotatable bonds is 8. The van der Waals surface area contributed by atoms with Crippen molar-refractivity contribution in [2.45, 2.75) is 6.92 Å². The Labute approximate surface area is 243 Å². The molecule has 0 atom stereocenters. The molecule has 0 aliphatic rings. The largest absolute Gasteiger partial charge is 0.493 e. The molecule has 0 saturated heterocycles. The van der Waals surface area contributed by atoms with Gasteiger partial charge in [0.05, 0.1) is 18.9 Å². The topological polar surface area (TPSA) is 152 Å². The summed E-state index contributed by atoms with van der Waals surface area (Å²) in [7, 11) is -2.36. The zero-order chi connectivity index (χ0) is 30.9. The summed E-state index contributed by atoms with van der Waals surface area (Å²) in [6.07, 6.45) is 3.60. The molecule has 5 aromatic rings. The molecule has 1 amide bonds. The van der Waals surface area contributed by atoms with Crippen molar-refractivity contribution in [1.29, 1.82) is 0 Å². The lowest BCUT2D eigenvalue weighted by atomic mass is 10.0. The molecule has 0 saturated carbocycles. The first-order valence-corrected chi connectivity index (χ1v) is 14.4. The number of carbonyl (C=O) groups is 1. The Morgan fingerprint density at radius 2 is 1.74 bits per heavy atom. The van der Waals surface area contributed by atoms with Crippen LogP contribution in [0.25, 0.3) is 22.2 Å². The van der Waals surface area contributed by atoms with Crippen molar-refractivity contribution in [3.05, 3.63) is 100 Å². The fourth-order valence-electron chi connectivity index (χ4n) is 4.25. The van der Waals surface area contributed by atoms with Crippen LogP contribution in [0.4, 0.5) is 20.3 Å². The summed E-state index contributed by atoms with van der Waals surface area (Å²) in [5.74, 6) is -2.26. The number of amides is 1. The summed E-state index contributed by atoms with van der Waals surface area (Å²) in [5, 5.41) is 2.49. The molecule has 0 fully saturated rings. The Kier molecular flexibility index (Phi) is 7.78. The van der Waals surface area contributed by atoms with Gasteiger partial charge in [0.2, 0.25) is 15.5 Å². The van der Waals surface area contributed by atoms with Crippen LogP contribution in [0, 0.1) is 18.6 Å². The normalized spacial score (nSPS) is 11.3. The van der Waals surface area contributed by atoms with Gasteiger partial charge in [-0.2, -0.15) is 0 Å². The van der Waals surface area contributed by atoms with Crippen LogP contribution < -0.4 is 24.9 Å². The SMILES string of the molecule is COc1cc2nccc(Oc3ccc(NC(=O)c4c[nH]c(C)c(-c5ccc(F)cc5)c4=O)cc3F)c2nc1NS(C)(=O)=O. The summed E-state index contributed by atoms with van der Waals surface area (Å²) in [6.45, 7) is 1.65. The van der Waals surface area contributed by atoms with E-state index >= 15 is 4.39 Å². The molecule has 3 N–H and O–H groups in total. The molecule has 3 heterocycles. The second-order valence-electron chi connectivity index (χ2n) is 9.33. The third kappa shape index (κ3) is 6.28. The molecule has 0 spiro atoms. The summed E-state index contributed by atoms with van der Waals surface area (Å²) in [5.41, 5.74) is 0.763. The average Bonchev–Trinajstić information content (AvgIpc) is 2.94. The van der Waals surface area contributed by atoms with Crippen molar-refractivity contribution in [3.8, 4) is 28.4 Å². The van der Waals surface area contributed by atoms with E-state index in [1.54, 1.807) is 6.92 Å². The number of hydrogen-bond donors (Lipinski definition) is 3. The number of methoxy groups -OCH3 is 1. The Morgan fingerprint density at radius 1 is 1.00 bits per heavy atom. The number of sulfonamides is 1. The van der Waals surface area contributed by atoms with Gasteiger partial charge in [-0.15, -0.1) is 0 Å². The first kappa shape index (κ1) is 29.1. The molecule has 14 heteroatoms. The number of H-pyrrole nitrogens is 1. The summed E-state index contributed by atoms with van der Waals surface area (Å²) >= 11 is 0. The number of benzene rings is 2. The molecule has 5 rings (SSSR count). The van der Waals surface area contributed by atoms with Crippen molar-refractivity contribution in [3.63, 3.8) is 0 Å². The number of carbonyl (C=O) groups excluding carboxylic acids is 1. The van der Waals surface area contributed by atoms with Crippen molar-refractivity contribution < 1.29 is 31.5 Å². The molecule has 0 unspecified atom stereocenters. The highest BCUT2D eigenvalue weighted by atomic mass is 32.2. The van der Waals surface area contributed by atoms with E-state index in [9.17, 15) is 22.4 Å². The van der Waals surface area contributed by atoms with Crippen molar-refractivity contribution in [2.24, 2.45) is 0 Å². The highest BCUT2D eigenvalue weighted by Gasteiger charge is 2.19. The molecule has 2 aromatic carbocycles. The maximum Gasteiger partial charge on any atom is 0.261 e. The molecule has 220 valence electrons. The lowest BCUT2D eigenvalue weighted by Gasteiger charge is -2.13. The van der Waals surface area contributed by atoms with Crippen LogP contribution in [-0.2, 0) is 10.0 Å². The van der Waals surface area contributed by atoms with Gasteiger partial charge in [0.1, 0.15) is 16.9 Å². The third-order valence-corrected chi connectivity index (χ3v) is 6.77. The maximum atomic E-state index is 15.1. The van der Waals surface area contributed by atoms with Gasteiger partial charge in [-0.05, 0) is 36.8 Å². The number of aryl methyl sites for hydroxylation is 1. The van der Waals surface area contributed by atoms with Crippen LogP contribution >= 0.6 is 0 Å². The van der Waals surface area contributed by atoms with Gasteiger partial charge in [0, 0.05) is 47.5 Å². The van der Waals surface area contributed by atoms with Crippen LogP contribution in [0.1, 0.15) is 16.1 Å². The second kappa shape index (κ2) is 11.5. The molecule has 0 aliphatic heterocycles. The number of aromatic amines is 1. The zero-order valence-electron chi connectivity index (χ0n) is 22.9. The number of nitrogens with zero attached hydrogens (tertiary/aromatic N) is 2. The maximum absolute atomic E-state index is 15.1. The van der Waals surface area contributed by atoms with Gasteiger partial charge in [0.15, 0.2) is 28.9 Å². The molecule has 3 aromatic heterocycles. The minimum Gasteiger partial charge on any atom is -0.493 e. The molecule has 11 nitrogen and oxygen atoms in total. The van der Waals surface area contributed by atoms with E-state index in [-0.39, 0.29) is 45.4 Å². The zero-order valence-corrected chi connectivity index (χ0v) is 23.7. The van der Waals surface area contributed by atoms with E-state index in [1.165, 1.54) is 68.0 Å². The third-order valence-electron chi connectivity index (χ3n) is 6.21. The van der Waals surface area contributed by atoms with Crippen LogP contribution in [0.15, 0.2) is 71.8 Å². The Hall–Kier alpha value is -5.37. The van der Waals surface area contributed by atoms with Crippen LogP contribution in [-0.4, -0.2) is 42.6 Å². The number of hydrogen-bond acceptors (Lipinski definition) is 8. The number of aromatic nitrogens is 3. The standard InChI is InChI=1S/C29H23F2N5O6S/c1-15-25(16-4-6-17(30)7-5-16)27(37)19(14-33-15)29(38)34-18-8-9-22(20(31)12-18)42-23-10-11-32-21-13-24(41-2)28(35-26(21)23)36-43(3,39)40/h4-14H,1-3H3,(H,33,37)(H,34,38)(H,35,36). The molecule has 0 aliphatic carbocycles. The molecule has 43 heavy (non-hydrogen) atoms. The Bertz CT molecular complexity index is 2050. The van der Waals surface area contributed by atoms with Crippen LogP contribution in [0.3, 0.4) is 0 Å². The number of halogens is 2. The monoisotopic (exact) mass is 607 g/mol. The number of pyridine rings is 3. The molecule has 0 radical (unpaired) electrons. The van der Waals surface area contributed by atoms with Crippen molar-refractivity contribution in [2.75, 3.05) is 23.4 Å². The summed E-state index contributed by atoms with van der Waals surface area (Å²) in [6, 6.07) is 11.8. The van der Waals surface area contributed by atoms with E-state index in [0.717, 1.165) is 12.3 Å². The Balaban J connectivity index is 1.41. The van der Waals surface area contributed by atoms with E-state index < -0.39 is 33.0 Å².